The molecule has 0 bridgehead atoms. The number of aromatic nitrogens is 1. The summed E-state index contributed by atoms with van der Waals surface area (Å²) >= 11 is 6.34. The summed E-state index contributed by atoms with van der Waals surface area (Å²) in [7, 11) is 0. The summed E-state index contributed by atoms with van der Waals surface area (Å²) in [6, 6.07) is 22.0. The number of halogens is 1. The zero-order valence-electron chi connectivity index (χ0n) is 11.7. The van der Waals surface area contributed by atoms with Crippen molar-refractivity contribution >= 4 is 22.6 Å². The van der Waals surface area contributed by atoms with Gasteiger partial charge in [-0.05, 0) is 11.6 Å². The van der Waals surface area contributed by atoms with Crippen LogP contribution in [0.4, 0.5) is 0 Å². The van der Waals surface area contributed by atoms with Gasteiger partial charge in [0.05, 0.1) is 22.9 Å². The van der Waals surface area contributed by atoms with Gasteiger partial charge in [0, 0.05) is 5.56 Å². The van der Waals surface area contributed by atoms with Crippen LogP contribution in [0, 0.1) is 0 Å². The lowest BCUT2D eigenvalue weighted by Gasteiger charge is -2.11. The van der Waals surface area contributed by atoms with Crippen molar-refractivity contribution in [1.29, 1.82) is 0 Å². The summed E-state index contributed by atoms with van der Waals surface area (Å²) in [6.07, 6.45) is 1.65. The second kappa shape index (κ2) is 5.32. The van der Waals surface area contributed by atoms with Gasteiger partial charge in [0.1, 0.15) is 10.7 Å². The van der Waals surface area contributed by atoms with Gasteiger partial charge in [-0.3, -0.25) is 0 Å². The van der Waals surface area contributed by atoms with E-state index in [0.717, 1.165) is 33.4 Å². The summed E-state index contributed by atoms with van der Waals surface area (Å²) in [4.78, 5) is 4.63. The fourth-order valence-electron chi connectivity index (χ4n) is 2.66. The second-order valence-corrected chi connectivity index (χ2v) is 5.38. The third-order valence-corrected chi connectivity index (χ3v) is 3.96. The standard InChI is InChI=1S/C19H12ClNO/c20-19-15-11-12-22-18(15)16(13-7-3-1-4-8-13)17(21-19)14-9-5-2-6-10-14/h1-12H. The first-order valence-electron chi connectivity index (χ1n) is 7.02. The SMILES string of the molecule is Clc1nc(-c2ccccc2)c(-c2ccccc2)c2occc12. The number of pyridine rings is 1. The molecule has 4 rings (SSSR count). The molecule has 0 fully saturated rings. The molecule has 0 amide bonds. The molecule has 2 nitrogen and oxygen atoms in total. The van der Waals surface area contributed by atoms with Crippen molar-refractivity contribution in [2.24, 2.45) is 0 Å². The number of hydrogen-bond acceptors (Lipinski definition) is 2. The molecule has 0 saturated carbocycles. The molecule has 3 heteroatoms. The molecule has 4 aromatic rings. The van der Waals surface area contributed by atoms with Crippen LogP contribution in [0.1, 0.15) is 0 Å². The molecule has 2 aromatic heterocycles. The molecule has 0 N–H and O–H groups in total. The van der Waals surface area contributed by atoms with Crippen LogP contribution < -0.4 is 0 Å². The minimum Gasteiger partial charge on any atom is -0.463 e. The molecule has 0 spiro atoms. The lowest BCUT2D eigenvalue weighted by Crippen LogP contribution is -1.91. The first-order valence-corrected chi connectivity index (χ1v) is 7.40. The monoisotopic (exact) mass is 305 g/mol. The Morgan fingerprint density at radius 1 is 0.773 bits per heavy atom. The van der Waals surface area contributed by atoms with E-state index in [1.807, 2.05) is 54.6 Å². The number of nitrogens with zero attached hydrogens (tertiary/aromatic N) is 1. The molecule has 0 atom stereocenters. The van der Waals surface area contributed by atoms with Crippen molar-refractivity contribution in [2.45, 2.75) is 0 Å². The minimum atomic E-state index is 0.460. The summed E-state index contributed by atoms with van der Waals surface area (Å²) in [5.41, 5.74) is 4.65. The molecule has 0 aliphatic carbocycles. The largest absolute Gasteiger partial charge is 0.463 e. The average Bonchev–Trinajstić information content (AvgIpc) is 3.06. The van der Waals surface area contributed by atoms with E-state index in [1.165, 1.54) is 0 Å². The highest BCUT2D eigenvalue weighted by Gasteiger charge is 2.18. The van der Waals surface area contributed by atoms with Crippen molar-refractivity contribution in [3.8, 4) is 22.4 Å². The number of fused-ring (bicyclic) bond motifs is 1. The summed E-state index contributed by atoms with van der Waals surface area (Å²) < 4.78 is 5.72. The molecule has 0 saturated heterocycles. The average molecular weight is 306 g/mol. The number of hydrogen-bond donors (Lipinski definition) is 0. The number of benzene rings is 2. The van der Waals surface area contributed by atoms with Crippen LogP contribution in [0.5, 0.6) is 0 Å². The molecule has 0 aliphatic heterocycles. The van der Waals surface area contributed by atoms with E-state index >= 15 is 0 Å². The highest BCUT2D eigenvalue weighted by atomic mass is 35.5. The van der Waals surface area contributed by atoms with E-state index in [4.69, 9.17) is 16.0 Å². The van der Waals surface area contributed by atoms with Gasteiger partial charge >= 0.3 is 0 Å². The Kier molecular flexibility index (Phi) is 3.17. The number of rotatable bonds is 2. The normalized spacial score (nSPS) is 11.0. The number of furan rings is 1. The second-order valence-electron chi connectivity index (χ2n) is 5.02. The Bertz CT molecular complexity index is 930. The van der Waals surface area contributed by atoms with Crippen molar-refractivity contribution < 1.29 is 4.42 Å². The Balaban J connectivity index is 2.12. The van der Waals surface area contributed by atoms with E-state index in [-0.39, 0.29) is 0 Å². The van der Waals surface area contributed by atoms with Crippen molar-refractivity contribution in [1.82, 2.24) is 4.98 Å². The van der Waals surface area contributed by atoms with Crippen LogP contribution in [0.25, 0.3) is 33.4 Å². The Morgan fingerprint density at radius 2 is 1.41 bits per heavy atom. The topological polar surface area (TPSA) is 26.0 Å². The molecule has 2 aromatic carbocycles. The van der Waals surface area contributed by atoms with Gasteiger partial charge in [-0.2, -0.15) is 0 Å². The molecular formula is C19H12ClNO. The van der Waals surface area contributed by atoms with Gasteiger partial charge in [-0.15, -0.1) is 0 Å². The van der Waals surface area contributed by atoms with Crippen LogP contribution in [-0.2, 0) is 0 Å². The summed E-state index contributed by atoms with van der Waals surface area (Å²) in [5.74, 6) is 0. The zero-order valence-corrected chi connectivity index (χ0v) is 12.4. The van der Waals surface area contributed by atoms with Gasteiger partial charge < -0.3 is 4.42 Å². The molecule has 0 radical (unpaired) electrons. The Morgan fingerprint density at radius 3 is 2.09 bits per heavy atom. The van der Waals surface area contributed by atoms with Gasteiger partial charge in [-0.25, -0.2) is 4.98 Å². The van der Waals surface area contributed by atoms with Crippen LogP contribution in [0.15, 0.2) is 77.4 Å². The molecule has 2 heterocycles. The first kappa shape index (κ1) is 13.1. The Labute approximate surface area is 133 Å². The predicted molar refractivity (Wildman–Crippen MR) is 89.9 cm³/mol. The van der Waals surface area contributed by atoms with E-state index in [2.05, 4.69) is 17.1 Å². The van der Waals surface area contributed by atoms with Gasteiger partial charge in [-0.1, -0.05) is 72.3 Å². The first-order chi connectivity index (χ1) is 10.8. The zero-order chi connectivity index (χ0) is 14.9. The van der Waals surface area contributed by atoms with Crippen LogP contribution >= 0.6 is 11.6 Å². The fourth-order valence-corrected chi connectivity index (χ4v) is 2.90. The maximum Gasteiger partial charge on any atom is 0.146 e. The summed E-state index contributed by atoms with van der Waals surface area (Å²) in [5, 5.41) is 1.29. The van der Waals surface area contributed by atoms with E-state index in [0.29, 0.717) is 5.15 Å². The van der Waals surface area contributed by atoms with E-state index < -0.39 is 0 Å². The molecular weight excluding hydrogens is 294 g/mol. The predicted octanol–water partition coefficient (Wildman–Crippen LogP) is 5.82. The van der Waals surface area contributed by atoms with Gasteiger partial charge in [0.2, 0.25) is 0 Å². The highest BCUT2D eigenvalue weighted by Crippen LogP contribution is 2.39. The third kappa shape index (κ3) is 2.09. The van der Waals surface area contributed by atoms with Crippen LogP contribution in [0.2, 0.25) is 5.15 Å². The van der Waals surface area contributed by atoms with Crippen molar-refractivity contribution in [3.63, 3.8) is 0 Å². The van der Waals surface area contributed by atoms with Gasteiger partial charge in [0.15, 0.2) is 0 Å². The highest BCUT2D eigenvalue weighted by molar-refractivity contribution is 6.34. The fraction of sp³-hybridized carbons (Fsp3) is 0. The van der Waals surface area contributed by atoms with Crippen molar-refractivity contribution in [2.75, 3.05) is 0 Å². The maximum atomic E-state index is 6.34. The third-order valence-electron chi connectivity index (χ3n) is 3.67. The van der Waals surface area contributed by atoms with Gasteiger partial charge in [0.25, 0.3) is 0 Å². The van der Waals surface area contributed by atoms with Crippen LogP contribution in [0.3, 0.4) is 0 Å². The molecule has 22 heavy (non-hydrogen) atoms. The van der Waals surface area contributed by atoms with Crippen LogP contribution in [-0.4, -0.2) is 4.98 Å². The molecule has 0 aliphatic rings. The summed E-state index contributed by atoms with van der Waals surface area (Å²) in [6.45, 7) is 0. The minimum absolute atomic E-state index is 0.460. The lowest BCUT2D eigenvalue weighted by atomic mass is 9.98. The molecule has 0 unspecified atom stereocenters. The van der Waals surface area contributed by atoms with E-state index in [9.17, 15) is 0 Å². The lowest BCUT2D eigenvalue weighted by molar-refractivity contribution is 0.616. The quantitative estimate of drug-likeness (QED) is 0.436. The smallest absolute Gasteiger partial charge is 0.146 e. The maximum absolute atomic E-state index is 6.34. The van der Waals surface area contributed by atoms with Crippen molar-refractivity contribution in [3.05, 3.63) is 78.1 Å². The molecule has 106 valence electrons. The van der Waals surface area contributed by atoms with E-state index in [1.54, 1.807) is 6.26 Å². The Hall–Kier alpha value is -2.58.